The van der Waals surface area contributed by atoms with E-state index in [9.17, 15) is 4.79 Å². The number of hydrogen-bond donors (Lipinski definition) is 1. The van der Waals surface area contributed by atoms with Crippen LogP contribution in [0, 0.1) is 6.92 Å². The summed E-state index contributed by atoms with van der Waals surface area (Å²) in [5, 5.41) is 0. The van der Waals surface area contributed by atoms with Crippen molar-refractivity contribution in [1.82, 2.24) is 14.3 Å². The summed E-state index contributed by atoms with van der Waals surface area (Å²) < 4.78 is 3.38. The molecule has 0 saturated heterocycles. The number of hydrogen-bond acceptors (Lipinski definition) is 3. The first-order chi connectivity index (χ1) is 8.04. The fourth-order valence-corrected chi connectivity index (χ4v) is 1.95. The average Bonchev–Trinajstić information content (AvgIpc) is 2.55. The van der Waals surface area contributed by atoms with Gasteiger partial charge in [0.15, 0.2) is 5.82 Å². The van der Waals surface area contributed by atoms with E-state index in [0.717, 1.165) is 5.69 Å². The minimum atomic E-state index is -0.213. The van der Waals surface area contributed by atoms with Gasteiger partial charge in [0.1, 0.15) is 5.69 Å². The second-order valence-electron chi connectivity index (χ2n) is 4.24. The SMILES string of the molecule is Cc1c(N)c(=O)n(-c2ccccn2)n1C(C)C. The van der Waals surface area contributed by atoms with E-state index in [2.05, 4.69) is 4.98 Å². The van der Waals surface area contributed by atoms with Gasteiger partial charge in [-0.05, 0) is 32.9 Å². The number of aromatic nitrogens is 3. The third-order valence-corrected chi connectivity index (χ3v) is 2.73. The van der Waals surface area contributed by atoms with Crippen LogP contribution in [0.15, 0.2) is 29.2 Å². The topological polar surface area (TPSA) is 65.8 Å². The van der Waals surface area contributed by atoms with Crippen molar-refractivity contribution in [2.24, 2.45) is 0 Å². The van der Waals surface area contributed by atoms with Crippen LogP contribution < -0.4 is 11.3 Å². The fourth-order valence-electron chi connectivity index (χ4n) is 1.95. The van der Waals surface area contributed by atoms with E-state index in [4.69, 9.17) is 5.73 Å². The third-order valence-electron chi connectivity index (χ3n) is 2.73. The molecule has 0 aliphatic carbocycles. The predicted molar refractivity (Wildman–Crippen MR) is 67.4 cm³/mol. The summed E-state index contributed by atoms with van der Waals surface area (Å²) in [6.45, 7) is 5.85. The summed E-state index contributed by atoms with van der Waals surface area (Å²) in [5.41, 5.74) is 6.64. The molecule has 5 nitrogen and oxygen atoms in total. The van der Waals surface area contributed by atoms with Gasteiger partial charge in [-0.2, -0.15) is 4.68 Å². The van der Waals surface area contributed by atoms with Gasteiger partial charge in [0, 0.05) is 12.2 Å². The number of nitrogen functional groups attached to an aromatic ring is 1. The Hall–Kier alpha value is -2.04. The molecule has 0 amide bonds. The molecule has 17 heavy (non-hydrogen) atoms. The molecular formula is C12H16N4O. The van der Waals surface area contributed by atoms with Gasteiger partial charge in [0.05, 0.1) is 5.69 Å². The molecular weight excluding hydrogens is 216 g/mol. The van der Waals surface area contributed by atoms with Crippen molar-refractivity contribution in [2.45, 2.75) is 26.8 Å². The van der Waals surface area contributed by atoms with Crippen LogP contribution in [0.25, 0.3) is 5.82 Å². The number of anilines is 1. The van der Waals surface area contributed by atoms with Crippen molar-refractivity contribution in [2.75, 3.05) is 5.73 Å². The summed E-state index contributed by atoms with van der Waals surface area (Å²) >= 11 is 0. The maximum Gasteiger partial charge on any atom is 0.296 e. The zero-order valence-electron chi connectivity index (χ0n) is 10.2. The van der Waals surface area contributed by atoms with E-state index in [1.807, 2.05) is 37.6 Å². The normalized spacial score (nSPS) is 11.1. The zero-order chi connectivity index (χ0) is 12.6. The van der Waals surface area contributed by atoms with Crippen molar-refractivity contribution in [3.8, 4) is 5.82 Å². The molecule has 0 spiro atoms. The Kier molecular flexibility index (Phi) is 2.75. The average molecular weight is 232 g/mol. The number of nitrogens with zero attached hydrogens (tertiary/aromatic N) is 3. The van der Waals surface area contributed by atoms with Crippen LogP contribution in [0.4, 0.5) is 5.69 Å². The Morgan fingerprint density at radius 3 is 2.59 bits per heavy atom. The molecule has 2 aromatic heterocycles. The van der Waals surface area contributed by atoms with Gasteiger partial charge in [-0.15, -0.1) is 0 Å². The molecule has 0 unspecified atom stereocenters. The van der Waals surface area contributed by atoms with Crippen molar-refractivity contribution in [3.63, 3.8) is 0 Å². The maximum atomic E-state index is 12.1. The molecule has 0 aliphatic heterocycles. The minimum absolute atomic E-state index is 0.141. The fraction of sp³-hybridized carbons (Fsp3) is 0.333. The summed E-state index contributed by atoms with van der Waals surface area (Å²) in [6.07, 6.45) is 1.66. The van der Waals surface area contributed by atoms with Crippen LogP contribution in [0.3, 0.4) is 0 Å². The molecule has 2 rings (SSSR count). The Labute approximate surface area is 99.5 Å². The molecule has 0 atom stereocenters. The highest BCUT2D eigenvalue weighted by atomic mass is 16.1. The largest absolute Gasteiger partial charge is 0.393 e. The van der Waals surface area contributed by atoms with E-state index in [0.29, 0.717) is 5.82 Å². The van der Waals surface area contributed by atoms with Crippen molar-refractivity contribution in [3.05, 3.63) is 40.4 Å². The first kappa shape index (κ1) is 11.4. The lowest BCUT2D eigenvalue weighted by Crippen LogP contribution is -2.24. The van der Waals surface area contributed by atoms with Gasteiger partial charge in [-0.1, -0.05) is 6.07 Å². The maximum absolute atomic E-state index is 12.1. The van der Waals surface area contributed by atoms with Crippen LogP contribution in [0.2, 0.25) is 0 Å². The Morgan fingerprint density at radius 2 is 2.06 bits per heavy atom. The molecule has 0 bridgehead atoms. The standard InChI is InChI=1S/C12H16N4O/c1-8(2)15-9(3)11(13)12(17)16(15)10-6-4-5-7-14-10/h4-8H,13H2,1-3H3. The summed E-state index contributed by atoms with van der Waals surface area (Å²) in [5.74, 6) is 0.589. The molecule has 90 valence electrons. The Balaban J connectivity index is 2.78. The van der Waals surface area contributed by atoms with Crippen LogP contribution in [-0.4, -0.2) is 14.3 Å². The highest BCUT2D eigenvalue weighted by Crippen LogP contribution is 2.16. The van der Waals surface area contributed by atoms with E-state index in [1.165, 1.54) is 4.68 Å². The lowest BCUT2D eigenvalue weighted by atomic mass is 10.3. The highest BCUT2D eigenvalue weighted by Gasteiger charge is 2.17. The predicted octanol–water partition coefficient (Wildman–Crippen LogP) is 1.51. The second kappa shape index (κ2) is 4.08. The van der Waals surface area contributed by atoms with E-state index in [-0.39, 0.29) is 17.3 Å². The van der Waals surface area contributed by atoms with E-state index >= 15 is 0 Å². The van der Waals surface area contributed by atoms with Gasteiger partial charge < -0.3 is 5.73 Å². The molecule has 2 N–H and O–H groups in total. The van der Waals surface area contributed by atoms with Crippen LogP contribution >= 0.6 is 0 Å². The van der Waals surface area contributed by atoms with Gasteiger partial charge >= 0.3 is 0 Å². The molecule has 0 fully saturated rings. The first-order valence-corrected chi connectivity index (χ1v) is 5.55. The summed E-state index contributed by atoms with van der Waals surface area (Å²) in [7, 11) is 0. The van der Waals surface area contributed by atoms with E-state index in [1.54, 1.807) is 12.3 Å². The minimum Gasteiger partial charge on any atom is -0.393 e. The van der Waals surface area contributed by atoms with Crippen LogP contribution in [-0.2, 0) is 0 Å². The molecule has 0 radical (unpaired) electrons. The second-order valence-corrected chi connectivity index (χ2v) is 4.24. The van der Waals surface area contributed by atoms with Crippen molar-refractivity contribution in [1.29, 1.82) is 0 Å². The highest BCUT2D eigenvalue weighted by molar-refractivity contribution is 5.43. The number of nitrogens with two attached hydrogens (primary N) is 1. The Morgan fingerprint density at radius 1 is 1.35 bits per heavy atom. The number of rotatable bonds is 2. The van der Waals surface area contributed by atoms with Crippen molar-refractivity contribution >= 4 is 5.69 Å². The molecule has 2 heterocycles. The molecule has 0 aliphatic rings. The summed E-state index contributed by atoms with van der Waals surface area (Å²) in [4.78, 5) is 16.3. The molecule has 2 aromatic rings. The van der Waals surface area contributed by atoms with Crippen LogP contribution in [0.1, 0.15) is 25.6 Å². The number of pyridine rings is 1. The molecule has 0 saturated carbocycles. The zero-order valence-corrected chi connectivity index (χ0v) is 10.2. The van der Waals surface area contributed by atoms with Crippen molar-refractivity contribution < 1.29 is 0 Å². The first-order valence-electron chi connectivity index (χ1n) is 5.55. The van der Waals surface area contributed by atoms with Gasteiger partial charge in [0.25, 0.3) is 5.56 Å². The monoisotopic (exact) mass is 232 g/mol. The Bertz CT molecular complexity index is 581. The molecule has 5 heteroatoms. The lowest BCUT2D eigenvalue weighted by Gasteiger charge is -2.15. The van der Waals surface area contributed by atoms with Gasteiger partial charge in [0.2, 0.25) is 0 Å². The van der Waals surface area contributed by atoms with Gasteiger partial charge in [-0.3, -0.25) is 9.48 Å². The third kappa shape index (κ3) is 1.73. The van der Waals surface area contributed by atoms with Gasteiger partial charge in [-0.25, -0.2) is 4.98 Å². The quantitative estimate of drug-likeness (QED) is 0.853. The lowest BCUT2D eigenvalue weighted by molar-refractivity contribution is 0.462. The smallest absolute Gasteiger partial charge is 0.296 e. The van der Waals surface area contributed by atoms with E-state index < -0.39 is 0 Å². The summed E-state index contributed by atoms with van der Waals surface area (Å²) in [6, 6.07) is 5.59. The molecule has 0 aromatic carbocycles. The van der Waals surface area contributed by atoms with Crippen LogP contribution in [0.5, 0.6) is 0 Å².